The number of pyridine rings is 1. The largest absolute Gasteiger partial charge is 0.257 e. The molecule has 0 amide bonds. The van der Waals surface area contributed by atoms with Gasteiger partial charge in [0.2, 0.25) is 0 Å². The Hall–Kier alpha value is -1.37. The van der Waals surface area contributed by atoms with E-state index in [2.05, 4.69) is 36.2 Å². The second-order valence-electron chi connectivity index (χ2n) is 3.40. The van der Waals surface area contributed by atoms with Crippen molar-refractivity contribution in [1.29, 1.82) is 0 Å². The monoisotopic (exact) mass is 171 g/mol. The second kappa shape index (κ2) is 3.56. The molecule has 0 N–H and O–H groups in total. The molecule has 0 fully saturated rings. The summed E-state index contributed by atoms with van der Waals surface area (Å²) in [5.74, 6) is 0.597. The molecule has 1 atom stereocenters. The fraction of sp³-hybridized carbons (Fsp3) is 0.250. The standard InChI is InChI=1S/C12H13N/c1-10-6-2-3-7-11(10)12-8-4-5-9-13-12/h2-5,7-10H,6H2,1H3. The fourth-order valence-electron chi connectivity index (χ4n) is 1.62. The highest BCUT2D eigenvalue weighted by molar-refractivity contribution is 5.67. The molecule has 1 nitrogen and oxygen atoms in total. The number of hydrogen-bond donors (Lipinski definition) is 0. The van der Waals surface area contributed by atoms with E-state index in [4.69, 9.17) is 0 Å². The average molecular weight is 171 g/mol. The predicted molar refractivity (Wildman–Crippen MR) is 55.1 cm³/mol. The van der Waals surface area contributed by atoms with Crippen LogP contribution in [-0.2, 0) is 0 Å². The summed E-state index contributed by atoms with van der Waals surface area (Å²) in [7, 11) is 0. The molecule has 1 unspecified atom stereocenters. The molecule has 1 heteroatoms. The predicted octanol–water partition coefficient (Wildman–Crippen LogP) is 3.06. The van der Waals surface area contributed by atoms with Crippen LogP contribution in [0.3, 0.4) is 0 Å². The third-order valence-electron chi connectivity index (χ3n) is 2.39. The molecule has 1 heterocycles. The Morgan fingerprint density at radius 3 is 3.00 bits per heavy atom. The normalized spacial score (nSPS) is 21.3. The fourth-order valence-corrected chi connectivity index (χ4v) is 1.62. The van der Waals surface area contributed by atoms with Crippen molar-refractivity contribution in [1.82, 2.24) is 4.98 Å². The summed E-state index contributed by atoms with van der Waals surface area (Å²) in [6.45, 7) is 2.24. The summed E-state index contributed by atoms with van der Waals surface area (Å²) < 4.78 is 0. The molecule has 2 rings (SSSR count). The third kappa shape index (κ3) is 1.69. The zero-order chi connectivity index (χ0) is 9.10. The van der Waals surface area contributed by atoms with Crippen molar-refractivity contribution >= 4 is 5.57 Å². The number of allylic oxidation sites excluding steroid dienone is 4. The van der Waals surface area contributed by atoms with Gasteiger partial charge in [-0.1, -0.05) is 31.2 Å². The summed E-state index contributed by atoms with van der Waals surface area (Å²) in [4.78, 5) is 4.35. The van der Waals surface area contributed by atoms with Crippen LogP contribution in [0.25, 0.3) is 5.57 Å². The van der Waals surface area contributed by atoms with E-state index in [-0.39, 0.29) is 0 Å². The first-order chi connectivity index (χ1) is 6.38. The van der Waals surface area contributed by atoms with Gasteiger partial charge in [-0.2, -0.15) is 0 Å². The van der Waals surface area contributed by atoms with Crippen LogP contribution in [0.4, 0.5) is 0 Å². The van der Waals surface area contributed by atoms with Crippen molar-refractivity contribution in [2.75, 3.05) is 0 Å². The van der Waals surface area contributed by atoms with Crippen molar-refractivity contribution in [2.24, 2.45) is 5.92 Å². The summed E-state index contributed by atoms with van der Waals surface area (Å²) >= 11 is 0. The van der Waals surface area contributed by atoms with Crippen molar-refractivity contribution < 1.29 is 0 Å². The Kier molecular flexibility index (Phi) is 2.26. The molecule has 0 aromatic carbocycles. The van der Waals surface area contributed by atoms with E-state index in [0.717, 1.165) is 12.1 Å². The van der Waals surface area contributed by atoms with Crippen molar-refractivity contribution in [3.8, 4) is 0 Å². The minimum atomic E-state index is 0.597. The molecule has 0 bridgehead atoms. The van der Waals surface area contributed by atoms with Crippen molar-refractivity contribution in [2.45, 2.75) is 13.3 Å². The van der Waals surface area contributed by atoms with Gasteiger partial charge in [0.05, 0.1) is 5.69 Å². The number of aromatic nitrogens is 1. The first-order valence-electron chi connectivity index (χ1n) is 4.66. The molecule has 0 aliphatic heterocycles. The Labute approximate surface area is 78.8 Å². The van der Waals surface area contributed by atoms with Crippen LogP contribution >= 0.6 is 0 Å². The summed E-state index contributed by atoms with van der Waals surface area (Å²) in [5.41, 5.74) is 2.46. The summed E-state index contributed by atoms with van der Waals surface area (Å²) in [6.07, 6.45) is 9.46. The molecule has 66 valence electrons. The van der Waals surface area contributed by atoms with Gasteiger partial charge in [-0.3, -0.25) is 4.98 Å². The van der Waals surface area contributed by atoms with E-state index < -0.39 is 0 Å². The minimum Gasteiger partial charge on any atom is -0.257 e. The third-order valence-corrected chi connectivity index (χ3v) is 2.39. The highest BCUT2D eigenvalue weighted by Crippen LogP contribution is 2.27. The van der Waals surface area contributed by atoms with Gasteiger partial charge >= 0.3 is 0 Å². The molecule has 1 aromatic heterocycles. The Bertz CT molecular complexity index is 335. The van der Waals surface area contributed by atoms with E-state index in [1.165, 1.54) is 5.57 Å². The molecule has 1 aliphatic carbocycles. The first kappa shape index (κ1) is 8.24. The molecule has 0 spiro atoms. The lowest BCUT2D eigenvalue weighted by molar-refractivity contribution is 0.754. The van der Waals surface area contributed by atoms with Gasteiger partial charge in [0.25, 0.3) is 0 Å². The average Bonchev–Trinajstić information content (AvgIpc) is 2.20. The maximum Gasteiger partial charge on any atom is 0.0664 e. The summed E-state index contributed by atoms with van der Waals surface area (Å²) in [5, 5.41) is 0. The van der Waals surface area contributed by atoms with Crippen LogP contribution in [0, 0.1) is 5.92 Å². The molecular weight excluding hydrogens is 158 g/mol. The highest BCUT2D eigenvalue weighted by Gasteiger charge is 2.11. The van der Waals surface area contributed by atoms with Crippen molar-refractivity contribution in [3.05, 3.63) is 48.3 Å². The van der Waals surface area contributed by atoms with Gasteiger partial charge in [-0.15, -0.1) is 0 Å². The van der Waals surface area contributed by atoms with Crippen molar-refractivity contribution in [3.63, 3.8) is 0 Å². The molecule has 0 radical (unpaired) electrons. The highest BCUT2D eigenvalue weighted by atomic mass is 14.7. The van der Waals surface area contributed by atoms with Gasteiger partial charge in [0.15, 0.2) is 0 Å². The van der Waals surface area contributed by atoms with Gasteiger partial charge in [-0.25, -0.2) is 0 Å². The van der Waals surface area contributed by atoms with Gasteiger partial charge in [-0.05, 0) is 30.0 Å². The van der Waals surface area contributed by atoms with Crippen LogP contribution in [0.2, 0.25) is 0 Å². The lowest BCUT2D eigenvalue weighted by Gasteiger charge is -2.16. The lowest BCUT2D eigenvalue weighted by Crippen LogP contribution is -2.01. The maximum absolute atomic E-state index is 4.35. The van der Waals surface area contributed by atoms with E-state index in [1.54, 1.807) is 0 Å². The first-order valence-corrected chi connectivity index (χ1v) is 4.66. The van der Waals surface area contributed by atoms with Crippen LogP contribution < -0.4 is 0 Å². The number of hydrogen-bond acceptors (Lipinski definition) is 1. The van der Waals surface area contributed by atoms with Crippen LogP contribution in [0.15, 0.2) is 42.6 Å². The minimum absolute atomic E-state index is 0.597. The number of rotatable bonds is 1. The zero-order valence-electron chi connectivity index (χ0n) is 7.77. The maximum atomic E-state index is 4.35. The van der Waals surface area contributed by atoms with E-state index in [9.17, 15) is 0 Å². The van der Waals surface area contributed by atoms with Crippen LogP contribution in [-0.4, -0.2) is 4.98 Å². The SMILES string of the molecule is CC1CC=CC=C1c1ccccn1. The molecule has 1 aliphatic rings. The Morgan fingerprint density at radius 1 is 1.38 bits per heavy atom. The topological polar surface area (TPSA) is 12.9 Å². The summed E-state index contributed by atoms with van der Waals surface area (Å²) in [6, 6.07) is 6.06. The van der Waals surface area contributed by atoms with Gasteiger partial charge < -0.3 is 0 Å². The van der Waals surface area contributed by atoms with E-state index in [1.807, 2.05) is 18.3 Å². The number of nitrogens with zero attached hydrogens (tertiary/aromatic N) is 1. The van der Waals surface area contributed by atoms with Gasteiger partial charge in [0, 0.05) is 6.20 Å². The molecule has 13 heavy (non-hydrogen) atoms. The quantitative estimate of drug-likeness (QED) is 0.632. The molecular formula is C12H13N. The van der Waals surface area contributed by atoms with Crippen LogP contribution in [0.5, 0.6) is 0 Å². The van der Waals surface area contributed by atoms with E-state index in [0.29, 0.717) is 5.92 Å². The smallest absolute Gasteiger partial charge is 0.0664 e. The molecule has 0 saturated heterocycles. The van der Waals surface area contributed by atoms with Gasteiger partial charge in [0.1, 0.15) is 0 Å². The molecule has 0 saturated carbocycles. The van der Waals surface area contributed by atoms with E-state index >= 15 is 0 Å². The van der Waals surface area contributed by atoms with Crippen LogP contribution in [0.1, 0.15) is 19.0 Å². The Morgan fingerprint density at radius 2 is 2.31 bits per heavy atom. The zero-order valence-corrected chi connectivity index (χ0v) is 7.77. The molecule has 1 aromatic rings. The Balaban J connectivity index is 2.35. The lowest BCUT2D eigenvalue weighted by atomic mass is 9.91. The second-order valence-corrected chi connectivity index (χ2v) is 3.40.